The number of benzene rings is 2. The third-order valence-corrected chi connectivity index (χ3v) is 7.51. The summed E-state index contributed by atoms with van der Waals surface area (Å²) >= 11 is 3.47. The summed E-state index contributed by atoms with van der Waals surface area (Å²) in [7, 11) is 1.49. The molecule has 0 unspecified atom stereocenters. The highest BCUT2D eigenvalue weighted by atomic mass is 79.9. The van der Waals surface area contributed by atoms with Gasteiger partial charge in [0.15, 0.2) is 18.1 Å². The fourth-order valence-electron chi connectivity index (χ4n) is 5.09. The summed E-state index contributed by atoms with van der Waals surface area (Å²) in [6.45, 7) is 1.70. The van der Waals surface area contributed by atoms with Crippen molar-refractivity contribution in [3.05, 3.63) is 64.1 Å². The molecule has 8 nitrogen and oxygen atoms in total. The summed E-state index contributed by atoms with van der Waals surface area (Å²) < 4.78 is 11.7. The van der Waals surface area contributed by atoms with Gasteiger partial charge in [-0.1, -0.05) is 30.4 Å². The van der Waals surface area contributed by atoms with Crippen LogP contribution in [0.3, 0.4) is 0 Å². The first-order valence-electron chi connectivity index (χ1n) is 11.3. The molecule has 35 heavy (non-hydrogen) atoms. The molecular weight excluding hydrogens is 514 g/mol. The SMILES string of the molecule is COc1cc(C=NN2C(=O)[C@@H]3[C@H](C2=O)[C@H]2C=C[C@H]3C2)c(Br)cc1OCC(=O)Nc1ccccc1C. The Morgan fingerprint density at radius 2 is 1.83 bits per heavy atom. The number of aryl methyl sites for hydroxylation is 1. The van der Waals surface area contributed by atoms with Gasteiger partial charge < -0.3 is 14.8 Å². The van der Waals surface area contributed by atoms with Gasteiger partial charge in [0.05, 0.1) is 25.2 Å². The van der Waals surface area contributed by atoms with Crippen molar-refractivity contribution >= 4 is 45.6 Å². The van der Waals surface area contributed by atoms with Gasteiger partial charge in [-0.3, -0.25) is 14.4 Å². The maximum absolute atomic E-state index is 12.8. The van der Waals surface area contributed by atoms with Crippen LogP contribution < -0.4 is 14.8 Å². The van der Waals surface area contributed by atoms with Crippen LogP contribution in [-0.4, -0.2) is 42.7 Å². The number of ether oxygens (including phenoxy) is 2. The normalized spacial score (nSPS) is 24.4. The lowest BCUT2D eigenvalue weighted by molar-refractivity contribution is -0.140. The molecule has 1 heterocycles. The monoisotopic (exact) mass is 537 g/mol. The number of hydrogen-bond donors (Lipinski definition) is 1. The molecule has 180 valence electrons. The minimum atomic E-state index is -0.303. The number of halogens is 1. The minimum absolute atomic E-state index is 0.132. The number of carbonyl (C=O) groups excluding carboxylic acids is 3. The van der Waals surface area contributed by atoms with Crippen molar-refractivity contribution in [3.8, 4) is 11.5 Å². The van der Waals surface area contributed by atoms with Gasteiger partial charge in [0, 0.05) is 15.7 Å². The van der Waals surface area contributed by atoms with E-state index in [4.69, 9.17) is 9.47 Å². The number of allylic oxidation sites excluding steroid dienone is 2. The number of anilines is 1. The second kappa shape index (κ2) is 9.30. The van der Waals surface area contributed by atoms with Gasteiger partial charge in [-0.25, -0.2) is 0 Å². The Bertz CT molecular complexity index is 1240. The standard InChI is InChI=1S/C26H24BrN3O5/c1-14-5-3-4-6-19(14)29-22(31)13-35-21-11-18(27)17(10-20(21)34-2)12-28-30-25(32)23-15-7-8-16(9-15)24(23)26(30)33/h3-8,10-12,15-16,23-24H,9,13H2,1-2H3,(H,29,31)/t15-,16-,23-,24+/m0/s1. The van der Waals surface area contributed by atoms with Crippen LogP contribution in [0.1, 0.15) is 17.5 Å². The predicted molar refractivity (Wildman–Crippen MR) is 133 cm³/mol. The van der Waals surface area contributed by atoms with E-state index in [1.165, 1.54) is 13.3 Å². The lowest BCUT2D eigenvalue weighted by atomic mass is 9.85. The molecule has 0 aromatic heterocycles. The molecule has 2 aliphatic carbocycles. The predicted octanol–water partition coefficient (Wildman–Crippen LogP) is 3.92. The largest absolute Gasteiger partial charge is 0.493 e. The van der Waals surface area contributed by atoms with E-state index in [1.54, 1.807) is 12.1 Å². The molecule has 1 aliphatic heterocycles. The van der Waals surface area contributed by atoms with Gasteiger partial charge in [-0.15, -0.1) is 0 Å². The molecule has 2 aromatic rings. The zero-order chi connectivity index (χ0) is 24.7. The van der Waals surface area contributed by atoms with Gasteiger partial charge in [0.1, 0.15) is 0 Å². The number of nitrogens with zero attached hydrogens (tertiary/aromatic N) is 2. The first-order chi connectivity index (χ1) is 16.9. The first kappa shape index (κ1) is 23.3. The molecule has 2 aromatic carbocycles. The van der Waals surface area contributed by atoms with Gasteiger partial charge in [0.25, 0.3) is 17.7 Å². The maximum atomic E-state index is 12.8. The quantitative estimate of drug-likeness (QED) is 0.328. The average Bonchev–Trinajstić information content (AvgIpc) is 3.53. The van der Waals surface area contributed by atoms with Crippen molar-refractivity contribution in [2.45, 2.75) is 13.3 Å². The zero-order valence-corrected chi connectivity index (χ0v) is 20.8. The van der Waals surface area contributed by atoms with Crippen molar-refractivity contribution in [1.29, 1.82) is 0 Å². The Morgan fingerprint density at radius 1 is 1.14 bits per heavy atom. The maximum Gasteiger partial charge on any atom is 0.262 e. The number of rotatable bonds is 7. The zero-order valence-electron chi connectivity index (χ0n) is 19.2. The number of hydrogen-bond acceptors (Lipinski definition) is 6. The van der Waals surface area contributed by atoms with Crippen molar-refractivity contribution in [2.24, 2.45) is 28.8 Å². The van der Waals surface area contributed by atoms with Crippen molar-refractivity contribution in [3.63, 3.8) is 0 Å². The Kier molecular flexibility index (Phi) is 6.19. The van der Waals surface area contributed by atoms with Crippen molar-refractivity contribution in [1.82, 2.24) is 5.01 Å². The molecule has 0 spiro atoms. The highest BCUT2D eigenvalue weighted by Gasteiger charge is 2.59. The fraction of sp³-hybridized carbons (Fsp3) is 0.308. The van der Waals surface area contributed by atoms with E-state index in [2.05, 4.69) is 26.3 Å². The van der Waals surface area contributed by atoms with Crippen LogP contribution in [0.5, 0.6) is 11.5 Å². The van der Waals surface area contributed by atoms with Crippen LogP contribution >= 0.6 is 15.9 Å². The Hall–Kier alpha value is -3.46. The van der Waals surface area contributed by atoms with Crippen LogP contribution in [0.4, 0.5) is 5.69 Å². The number of hydrazone groups is 1. The first-order valence-corrected chi connectivity index (χ1v) is 12.1. The number of amides is 3. The third-order valence-electron chi connectivity index (χ3n) is 6.82. The van der Waals surface area contributed by atoms with Gasteiger partial charge in [-0.2, -0.15) is 10.1 Å². The van der Waals surface area contributed by atoms with Gasteiger partial charge >= 0.3 is 0 Å². The van der Waals surface area contributed by atoms with E-state index in [9.17, 15) is 14.4 Å². The van der Waals surface area contributed by atoms with E-state index < -0.39 is 0 Å². The minimum Gasteiger partial charge on any atom is -0.493 e. The average molecular weight is 538 g/mol. The van der Waals surface area contributed by atoms with Crippen molar-refractivity contribution < 1.29 is 23.9 Å². The van der Waals surface area contributed by atoms with E-state index in [0.29, 0.717) is 21.5 Å². The molecule has 1 saturated heterocycles. The molecule has 9 heteroatoms. The molecular formula is C26H24BrN3O5. The summed E-state index contributed by atoms with van der Waals surface area (Å²) in [6, 6.07) is 10.8. The van der Waals surface area contributed by atoms with Gasteiger partial charge in [0.2, 0.25) is 0 Å². The summed E-state index contributed by atoms with van der Waals surface area (Å²) in [5.74, 6) is -0.363. The van der Waals surface area contributed by atoms with Crippen LogP contribution in [0.2, 0.25) is 0 Å². The Morgan fingerprint density at radius 3 is 2.49 bits per heavy atom. The number of para-hydroxylation sites is 1. The summed E-state index contributed by atoms with van der Waals surface area (Å²) in [5, 5.41) is 8.04. The Labute approximate surface area is 211 Å². The summed E-state index contributed by atoms with van der Waals surface area (Å²) in [5.41, 5.74) is 2.27. The number of imide groups is 1. The number of carbonyl (C=O) groups is 3. The number of methoxy groups -OCH3 is 1. The highest BCUT2D eigenvalue weighted by Crippen LogP contribution is 2.52. The molecule has 2 bridgehead atoms. The van der Waals surface area contributed by atoms with E-state index >= 15 is 0 Å². The molecule has 2 fully saturated rings. The van der Waals surface area contributed by atoms with Gasteiger partial charge in [-0.05, 0) is 64.9 Å². The van der Waals surface area contributed by atoms with E-state index in [0.717, 1.165) is 22.7 Å². The second-order valence-electron chi connectivity index (χ2n) is 8.91. The van der Waals surface area contributed by atoms with Crippen molar-refractivity contribution in [2.75, 3.05) is 19.0 Å². The molecule has 1 saturated carbocycles. The smallest absolute Gasteiger partial charge is 0.262 e. The Balaban J connectivity index is 1.27. The molecule has 0 radical (unpaired) electrons. The molecule has 3 amide bonds. The summed E-state index contributed by atoms with van der Waals surface area (Å²) in [6.07, 6.45) is 6.42. The van der Waals surface area contributed by atoms with Crippen LogP contribution in [0, 0.1) is 30.6 Å². The topological polar surface area (TPSA) is 97.3 Å². The van der Waals surface area contributed by atoms with Crippen LogP contribution in [0.15, 0.2) is 58.1 Å². The van der Waals surface area contributed by atoms with E-state index in [-0.39, 0.29) is 48.0 Å². The van der Waals surface area contributed by atoms with E-state index in [1.807, 2.05) is 43.3 Å². The number of nitrogens with one attached hydrogen (secondary N) is 1. The molecule has 3 aliphatic rings. The third kappa shape index (κ3) is 4.25. The lowest BCUT2D eigenvalue weighted by Gasteiger charge is -2.14. The molecule has 1 N–H and O–H groups in total. The molecule has 5 rings (SSSR count). The lowest BCUT2D eigenvalue weighted by Crippen LogP contribution is -2.28. The summed E-state index contributed by atoms with van der Waals surface area (Å²) in [4.78, 5) is 38.0. The number of fused-ring (bicyclic) bond motifs is 5. The molecule has 4 atom stereocenters. The highest BCUT2D eigenvalue weighted by molar-refractivity contribution is 9.10. The van der Waals surface area contributed by atoms with Crippen LogP contribution in [-0.2, 0) is 14.4 Å². The van der Waals surface area contributed by atoms with Crippen LogP contribution in [0.25, 0.3) is 0 Å². The fourth-order valence-corrected chi connectivity index (χ4v) is 5.51. The second-order valence-corrected chi connectivity index (χ2v) is 9.76.